The lowest BCUT2D eigenvalue weighted by Crippen LogP contribution is -2.15. The Balaban J connectivity index is 1.97. The minimum absolute atomic E-state index is 0.281. The first kappa shape index (κ1) is 8.48. The van der Waals surface area contributed by atoms with Crippen LogP contribution >= 0.6 is 0 Å². The molecule has 3 heteroatoms. The standard InChI is InChI=1S/C10H13FN2/c11-8-5-6-10(12-7-8)13-9-3-1-2-4-9/h5-7,9H,1-4H2,(H,12,13). The SMILES string of the molecule is Fc1ccc(NC2CCCC2)nc1. The molecule has 1 aromatic rings. The van der Waals surface area contributed by atoms with Crippen LogP contribution in [0.4, 0.5) is 10.2 Å². The first-order valence-corrected chi connectivity index (χ1v) is 4.73. The van der Waals surface area contributed by atoms with Crippen molar-refractivity contribution in [2.75, 3.05) is 5.32 Å². The fraction of sp³-hybridized carbons (Fsp3) is 0.500. The first-order valence-electron chi connectivity index (χ1n) is 4.73. The smallest absolute Gasteiger partial charge is 0.141 e. The third kappa shape index (κ3) is 2.17. The van der Waals surface area contributed by atoms with Crippen LogP contribution in [-0.4, -0.2) is 11.0 Å². The van der Waals surface area contributed by atoms with Gasteiger partial charge in [-0.2, -0.15) is 0 Å². The van der Waals surface area contributed by atoms with Gasteiger partial charge in [-0.3, -0.25) is 0 Å². The average molecular weight is 180 g/mol. The summed E-state index contributed by atoms with van der Waals surface area (Å²) in [5.74, 6) is 0.505. The maximum absolute atomic E-state index is 12.5. The van der Waals surface area contributed by atoms with Crippen molar-refractivity contribution in [1.82, 2.24) is 4.98 Å². The summed E-state index contributed by atoms with van der Waals surface area (Å²) in [5, 5.41) is 3.29. The van der Waals surface area contributed by atoms with Crippen LogP contribution < -0.4 is 5.32 Å². The van der Waals surface area contributed by atoms with Gasteiger partial charge in [0.15, 0.2) is 0 Å². The molecule has 1 aliphatic carbocycles. The molecule has 1 aromatic heterocycles. The number of hydrogen-bond donors (Lipinski definition) is 1. The second-order valence-corrected chi connectivity index (χ2v) is 3.49. The van der Waals surface area contributed by atoms with Gasteiger partial charge in [0, 0.05) is 6.04 Å². The van der Waals surface area contributed by atoms with Crippen molar-refractivity contribution in [3.8, 4) is 0 Å². The predicted molar refractivity (Wildman–Crippen MR) is 50.1 cm³/mol. The second-order valence-electron chi connectivity index (χ2n) is 3.49. The Kier molecular flexibility index (Phi) is 2.43. The predicted octanol–water partition coefficient (Wildman–Crippen LogP) is 2.58. The second kappa shape index (κ2) is 3.73. The van der Waals surface area contributed by atoms with Gasteiger partial charge in [-0.1, -0.05) is 12.8 Å². The summed E-state index contributed by atoms with van der Waals surface area (Å²) >= 11 is 0. The highest BCUT2D eigenvalue weighted by atomic mass is 19.1. The topological polar surface area (TPSA) is 24.9 Å². The molecular weight excluding hydrogens is 167 g/mol. The molecule has 13 heavy (non-hydrogen) atoms. The number of pyridine rings is 1. The van der Waals surface area contributed by atoms with E-state index in [2.05, 4.69) is 10.3 Å². The van der Waals surface area contributed by atoms with Gasteiger partial charge in [0.25, 0.3) is 0 Å². The van der Waals surface area contributed by atoms with Crippen molar-refractivity contribution >= 4 is 5.82 Å². The number of nitrogens with one attached hydrogen (secondary N) is 1. The van der Waals surface area contributed by atoms with E-state index >= 15 is 0 Å². The molecule has 0 unspecified atom stereocenters. The van der Waals surface area contributed by atoms with Gasteiger partial charge >= 0.3 is 0 Å². The summed E-state index contributed by atoms with van der Waals surface area (Å²) in [6.07, 6.45) is 6.24. The molecule has 1 saturated carbocycles. The van der Waals surface area contributed by atoms with Gasteiger partial charge in [-0.05, 0) is 25.0 Å². The van der Waals surface area contributed by atoms with E-state index < -0.39 is 0 Å². The average Bonchev–Trinajstić information content (AvgIpc) is 2.62. The molecule has 0 spiro atoms. The molecule has 1 N–H and O–H groups in total. The van der Waals surface area contributed by atoms with E-state index in [-0.39, 0.29) is 5.82 Å². The van der Waals surface area contributed by atoms with Crippen molar-refractivity contribution in [2.24, 2.45) is 0 Å². The molecule has 0 radical (unpaired) electrons. The van der Waals surface area contributed by atoms with Crippen molar-refractivity contribution in [3.05, 3.63) is 24.1 Å². The van der Waals surface area contributed by atoms with Crippen molar-refractivity contribution < 1.29 is 4.39 Å². The van der Waals surface area contributed by atoms with Gasteiger partial charge in [0.05, 0.1) is 6.20 Å². The molecule has 0 aromatic carbocycles. The summed E-state index contributed by atoms with van der Waals surface area (Å²) in [6.45, 7) is 0. The fourth-order valence-electron chi connectivity index (χ4n) is 1.74. The number of hydrogen-bond acceptors (Lipinski definition) is 2. The molecule has 2 nitrogen and oxygen atoms in total. The van der Waals surface area contributed by atoms with Crippen molar-refractivity contribution in [2.45, 2.75) is 31.7 Å². The Hall–Kier alpha value is -1.12. The molecule has 1 fully saturated rings. The van der Waals surface area contributed by atoms with E-state index in [9.17, 15) is 4.39 Å². The molecule has 0 aliphatic heterocycles. The molecule has 1 heterocycles. The fourth-order valence-corrected chi connectivity index (χ4v) is 1.74. The van der Waals surface area contributed by atoms with E-state index in [1.165, 1.54) is 37.9 Å². The van der Waals surface area contributed by atoms with Crippen LogP contribution in [0.5, 0.6) is 0 Å². The summed E-state index contributed by atoms with van der Waals surface area (Å²) < 4.78 is 12.5. The molecule has 0 atom stereocenters. The highest BCUT2D eigenvalue weighted by Gasteiger charge is 2.14. The molecule has 0 saturated heterocycles. The Morgan fingerprint density at radius 1 is 1.31 bits per heavy atom. The summed E-state index contributed by atoms with van der Waals surface area (Å²) in [6, 6.07) is 3.66. The lowest BCUT2D eigenvalue weighted by atomic mass is 10.2. The molecule has 2 rings (SSSR count). The molecule has 0 bridgehead atoms. The number of halogens is 1. The van der Waals surface area contributed by atoms with Crippen LogP contribution in [0.15, 0.2) is 18.3 Å². The number of aromatic nitrogens is 1. The van der Waals surface area contributed by atoms with E-state index in [0.717, 1.165) is 5.82 Å². The van der Waals surface area contributed by atoms with Gasteiger partial charge in [-0.25, -0.2) is 9.37 Å². The highest BCUT2D eigenvalue weighted by molar-refractivity contribution is 5.34. The molecule has 70 valence electrons. The van der Waals surface area contributed by atoms with E-state index in [4.69, 9.17) is 0 Å². The minimum Gasteiger partial charge on any atom is -0.367 e. The van der Waals surface area contributed by atoms with Crippen LogP contribution in [0.25, 0.3) is 0 Å². The highest BCUT2D eigenvalue weighted by Crippen LogP contribution is 2.21. The first-order chi connectivity index (χ1) is 6.34. The third-order valence-corrected chi connectivity index (χ3v) is 2.43. The maximum atomic E-state index is 12.5. The Labute approximate surface area is 77.2 Å². The lowest BCUT2D eigenvalue weighted by molar-refractivity contribution is 0.621. The van der Waals surface area contributed by atoms with E-state index in [1.807, 2.05) is 0 Å². The Morgan fingerprint density at radius 3 is 2.69 bits per heavy atom. The lowest BCUT2D eigenvalue weighted by Gasteiger charge is -2.11. The summed E-state index contributed by atoms with van der Waals surface area (Å²) in [5.41, 5.74) is 0. The van der Waals surface area contributed by atoms with Crippen molar-refractivity contribution in [1.29, 1.82) is 0 Å². The van der Waals surface area contributed by atoms with E-state index in [1.54, 1.807) is 6.07 Å². The van der Waals surface area contributed by atoms with Gasteiger partial charge in [0.2, 0.25) is 0 Å². The Bertz CT molecular complexity index is 265. The molecule has 1 aliphatic rings. The normalized spacial score (nSPS) is 17.6. The molecule has 0 amide bonds. The summed E-state index contributed by atoms with van der Waals surface area (Å²) in [4.78, 5) is 3.96. The number of nitrogens with zero attached hydrogens (tertiary/aromatic N) is 1. The van der Waals surface area contributed by atoms with Crippen LogP contribution in [0.2, 0.25) is 0 Å². The van der Waals surface area contributed by atoms with Gasteiger partial charge in [0.1, 0.15) is 11.6 Å². The maximum Gasteiger partial charge on any atom is 0.141 e. The van der Waals surface area contributed by atoms with Crippen molar-refractivity contribution in [3.63, 3.8) is 0 Å². The van der Waals surface area contributed by atoms with Crippen LogP contribution in [0.1, 0.15) is 25.7 Å². The quantitative estimate of drug-likeness (QED) is 0.756. The van der Waals surface area contributed by atoms with Crippen LogP contribution in [0.3, 0.4) is 0 Å². The van der Waals surface area contributed by atoms with Gasteiger partial charge < -0.3 is 5.32 Å². The minimum atomic E-state index is -0.281. The summed E-state index contributed by atoms with van der Waals surface area (Å²) in [7, 11) is 0. The van der Waals surface area contributed by atoms with Crippen LogP contribution in [-0.2, 0) is 0 Å². The van der Waals surface area contributed by atoms with Crippen LogP contribution in [0, 0.1) is 5.82 Å². The zero-order valence-electron chi connectivity index (χ0n) is 7.46. The third-order valence-electron chi connectivity index (χ3n) is 2.43. The van der Waals surface area contributed by atoms with Gasteiger partial charge in [-0.15, -0.1) is 0 Å². The van der Waals surface area contributed by atoms with E-state index in [0.29, 0.717) is 6.04 Å². The zero-order chi connectivity index (χ0) is 9.10. The molecular formula is C10H13FN2. The number of rotatable bonds is 2. The Morgan fingerprint density at radius 2 is 2.08 bits per heavy atom. The zero-order valence-corrected chi connectivity index (χ0v) is 7.46. The largest absolute Gasteiger partial charge is 0.367 e. The monoisotopic (exact) mass is 180 g/mol. The number of anilines is 1.